The molecule has 3 heterocycles. The van der Waals surface area contributed by atoms with Crippen LogP contribution in [-0.2, 0) is 0 Å². The average molecular weight is 306 g/mol. The highest BCUT2D eigenvalue weighted by Gasteiger charge is 2.36. The molecule has 1 N–H and O–H groups in total. The van der Waals surface area contributed by atoms with E-state index < -0.39 is 0 Å². The van der Waals surface area contributed by atoms with Crippen LogP contribution in [0.5, 0.6) is 0 Å². The summed E-state index contributed by atoms with van der Waals surface area (Å²) in [5, 5.41) is 9.67. The molecule has 0 aromatic carbocycles. The smallest absolute Gasteiger partial charge is 0.289 e. The normalized spacial score (nSPS) is 27.0. The second kappa shape index (κ2) is 7.29. The number of likely N-dealkylation sites (tertiary alicyclic amines) is 2. The number of rotatable bonds is 4. The highest BCUT2D eigenvalue weighted by Crippen LogP contribution is 2.26. The van der Waals surface area contributed by atoms with E-state index in [1.807, 2.05) is 4.90 Å². The summed E-state index contributed by atoms with van der Waals surface area (Å²) in [6.45, 7) is 4.81. The Kier molecular flexibility index (Phi) is 5.16. The Morgan fingerprint density at radius 1 is 1.18 bits per heavy atom. The molecule has 0 bridgehead atoms. The minimum absolute atomic E-state index is 0.0539. The van der Waals surface area contributed by atoms with Gasteiger partial charge in [0.2, 0.25) is 0 Å². The molecule has 0 spiro atoms. The molecule has 0 radical (unpaired) electrons. The minimum atomic E-state index is -0.0539. The van der Waals surface area contributed by atoms with Crippen molar-refractivity contribution in [3.8, 4) is 0 Å². The summed E-state index contributed by atoms with van der Waals surface area (Å²) >= 11 is 0. The van der Waals surface area contributed by atoms with Crippen LogP contribution >= 0.6 is 0 Å². The molecular weight excluding hydrogens is 280 g/mol. The van der Waals surface area contributed by atoms with Gasteiger partial charge in [0.15, 0.2) is 5.76 Å². The van der Waals surface area contributed by atoms with Gasteiger partial charge in [-0.05, 0) is 44.0 Å². The van der Waals surface area contributed by atoms with Crippen LogP contribution in [0.3, 0.4) is 0 Å². The number of aliphatic hydroxyl groups excluding tert-OH is 1. The van der Waals surface area contributed by atoms with Crippen molar-refractivity contribution >= 4 is 5.91 Å². The summed E-state index contributed by atoms with van der Waals surface area (Å²) < 4.78 is 5.21. The topological polar surface area (TPSA) is 56.9 Å². The Bertz CT molecular complexity index is 466. The van der Waals surface area contributed by atoms with E-state index in [0.29, 0.717) is 18.2 Å². The second-order valence-corrected chi connectivity index (χ2v) is 6.60. The van der Waals surface area contributed by atoms with Gasteiger partial charge >= 0.3 is 0 Å². The number of carbonyl (C=O) groups is 1. The molecule has 2 atom stereocenters. The maximum Gasteiger partial charge on any atom is 0.289 e. The SMILES string of the molecule is O=C(c1ccco1)N1C[C@@H](CN2CCCCCC2)[C@@H](CO)C1. The predicted molar refractivity (Wildman–Crippen MR) is 83.6 cm³/mol. The van der Waals surface area contributed by atoms with Crippen molar-refractivity contribution < 1.29 is 14.3 Å². The van der Waals surface area contributed by atoms with Crippen LogP contribution in [0.4, 0.5) is 0 Å². The minimum Gasteiger partial charge on any atom is -0.459 e. The van der Waals surface area contributed by atoms with E-state index in [1.54, 1.807) is 12.1 Å². The second-order valence-electron chi connectivity index (χ2n) is 6.60. The number of hydrogen-bond donors (Lipinski definition) is 1. The Balaban J connectivity index is 1.60. The monoisotopic (exact) mass is 306 g/mol. The highest BCUT2D eigenvalue weighted by atomic mass is 16.3. The van der Waals surface area contributed by atoms with Gasteiger partial charge in [0, 0.05) is 32.2 Å². The fourth-order valence-corrected chi connectivity index (χ4v) is 3.72. The van der Waals surface area contributed by atoms with Crippen molar-refractivity contribution in [3.05, 3.63) is 24.2 Å². The van der Waals surface area contributed by atoms with Gasteiger partial charge < -0.3 is 19.3 Å². The number of carbonyl (C=O) groups excluding carboxylic acids is 1. The molecule has 0 saturated carbocycles. The lowest BCUT2D eigenvalue weighted by Crippen LogP contribution is -2.35. The lowest BCUT2D eigenvalue weighted by Gasteiger charge is -2.26. The molecule has 1 amide bonds. The molecule has 0 aliphatic carbocycles. The Morgan fingerprint density at radius 2 is 1.91 bits per heavy atom. The third-order valence-corrected chi connectivity index (χ3v) is 5.02. The molecule has 5 nitrogen and oxygen atoms in total. The third kappa shape index (κ3) is 3.52. The number of amides is 1. The van der Waals surface area contributed by atoms with Crippen molar-refractivity contribution in [2.45, 2.75) is 25.7 Å². The largest absolute Gasteiger partial charge is 0.459 e. The summed E-state index contributed by atoms with van der Waals surface area (Å²) in [6, 6.07) is 3.44. The Labute approximate surface area is 131 Å². The van der Waals surface area contributed by atoms with Crippen LogP contribution < -0.4 is 0 Å². The van der Waals surface area contributed by atoms with Crippen molar-refractivity contribution in [3.63, 3.8) is 0 Å². The number of nitrogens with zero attached hydrogens (tertiary/aromatic N) is 2. The Hall–Kier alpha value is -1.33. The summed E-state index contributed by atoms with van der Waals surface area (Å²) in [6.07, 6.45) is 6.72. The van der Waals surface area contributed by atoms with E-state index in [0.717, 1.165) is 26.2 Å². The van der Waals surface area contributed by atoms with E-state index in [2.05, 4.69) is 4.90 Å². The molecule has 22 heavy (non-hydrogen) atoms. The maximum atomic E-state index is 12.4. The Morgan fingerprint density at radius 3 is 2.55 bits per heavy atom. The summed E-state index contributed by atoms with van der Waals surface area (Å²) in [5.41, 5.74) is 0. The summed E-state index contributed by atoms with van der Waals surface area (Å²) in [4.78, 5) is 16.7. The van der Waals surface area contributed by atoms with Crippen LogP contribution in [0.25, 0.3) is 0 Å². The summed E-state index contributed by atoms with van der Waals surface area (Å²) in [5.74, 6) is 0.887. The van der Waals surface area contributed by atoms with Gasteiger partial charge in [-0.3, -0.25) is 4.79 Å². The lowest BCUT2D eigenvalue weighted by molar-refractivity contribution is 0.0747. The van der Waals surface area contributed by atoms with Gasteiger partial charge in [0.05, 0.1) is 6.26 Å². The molecule has 122 valence electrons. The fraction of sp³-hybridized carbons (Fsp3) is 0.706. The molecule has 2 fully saturated rings. The van der Waals surface area contributed by atoms with Crippen LogP contribution in [0.1, 0.15) is 36.2 Å². The number of furan rings is 1. The van der Waals surface area contributed by atoms with Gasteiger partial charge in [-0.15, -0.1) is 0 Å². The summed E-state index contributed by atoms with van der Waals surface area (Å²) in [7, 11) is 0. The molecular formula is C17H26N2O3. The van der Waals surface area contributed by atoms with Gasteiger partial charge in [-0.25, -0.2) is 0 Å². The van der Waals surface area contributed by atoms with Crippen molar-refractivity contribution in [2.24, 2.45) is 11.8 Å². The number of hydrogen-bond acceptors (Lipinski definition) is 4. The van der Waals surface area contributed by atoms with E-state index in [4.69, 9.17) is 4.42 Å². The first-order chi connectivity index (χ1) is 10.8. The molecule has 0 unspecified atom stereocenters. The van der Waals surface area contributed by atoms with Crippen LogP contribution in [0, 0.1) is 11.8 Å². The van der Waals surface area contributed by atoms with Crippen LogP contribution in [0.2, 0.25) is 0 Å². The first-order valence-electron chi connectivity index (χ1n) is 8.44. The van der Waals surface area contributed by atoms with Gasteiger partial charge in [0.1, 0.15) is 0 Å². The fourth-order valence-electron chi connectivity index (χ4n) is 3.72. The molecule has 5 heteroatoms. The molecule has 2 aliphatic heterocycles. The van der Waals surface area contributed by atoms with Gasteiger partial charge in [0.25, 0.3) is 5.91 Å². The third-order valence-electron chi connectivity index (χ3n) is 5.02. The quantitative estimate of drug-likeness (QED) is 0.922. The van der Waals surface area contributed by atoms with Crippen molar-refractivity contribution in [2.75, 3.05) is 39.3 Å². The highest BCUT2D eigenvalue weighted by molar-refractivity contribution is 5.91. The lowest BCUT2D eigenvalue weighted by atomic mass is 9.96. The van der Waals surface area contributed by atoms with E-state index in [9.17, 15) is 9.90 Å². The van der Waals surface area contributed by atoms with Crippen LogP contribution in [0.15, 0.2) is 22.8 Å². The van der Waals surface area contributed by atoms with Gasteiger partial charge in [-0.1, -0.05) is 12.8 Å². The van der Waals surface area contributed by atoms with Crippen molar-refractivity contribution in [1.82, 2.24) is 9.80 Å². The zero-order chi connectivity index (χ0) is 15.4. The van der Waals surface area contributed by atoms with Gasteiger partial charge in [-0.2, -0.15) is 0 Å². The zero-order valence-electron chi connectivity index (χ0n) is 13.1. The van der Waals surface area contributed by atoms with Crippen LogP contribution in [-0.4, -0.2) is 60.1 Å². The van der Waals surface area contributed by atoms with E-state index >= 15 is 0 Å². The standard InChI is InChI=1S/C17H26N2O3/c20-13-15-12-19(17(21)16-6-5-9-22-16)11-14(15)10-18-7-3-1-2-4-8-18/h5-6,9,14-15,20H,1-4,7-8,10-13H2/t14-,15-/m1/s1. The molecule has 2 aliphatic rings. The predicted octanol–water partition coefficient (Wildman–Crippen LogP) is 1.84. The van der Waals surface area contributed by atoms with E-state index in [1.165, 1.54) is 31.9 Å². The molecule has 1 aromatic rings. The maximum absolute atomic E-state index is 12.4. The van der Waals surface area contributed by atoms with Crippen molar-refractivity contribution in [1.29, 1.82) is 0 Å². The average Bonchev–Trinajstić information content (AvgIpc) is 3.12. The zero-order valence-corrected chi connectivity index (χ0v) is 13.1. The molecule has 2 saturated heterocycles. The molecule has 3 rings (SSSR count). The first kappa shape index (κ1) is 15.6. The first-order valence-corrected chi connectivity index (χ1v) is 8.44. The van der Waals surface area contributed by atoms with E-state index in [-0.39, 0.29) is 18.4 Å². The number of aliphatic hydroxyl groups is 1. The molecule has 1 aromatic heterocycles.